The minimum atomic E-state index is -5.28. The van der Waals surface area contributed by atoms with Crippen molar-refractivity contribution in [3.05, 3.63) is 33.9 Å². The Hall–Kier alpha value is -1.98. The number of esters is 2. The number of carbonyl (C=O) groups excluding carboxylic acids is 2. The molecule has 13 heteroatoms. The van der Waals surface area contributed by atoms with Crippen LogP contribution in [0.2, 0.25) is 10.0 Å². The van der Waals surface area contributed by atoms with Gasteiger partial charge in [0.05, 0.1) is 0 Å². The third-order valence-electron chi connectivity index (χ3n) is 4.06. The molecule has 3 rings (SSSR count). The topological polar surface area (TPSA) is 88.2 Å². The van der Waals surface area contributed by atoms with Crippen molar-refractivity contribution in [2.24, 2.45) is 0 Å². The molecule has 1 aromatic carbocycles. The first-order valence-electron chi connectivity index (χ1n) is 8.25. The number of hydrogen-bond donors (Lipinski definition) is 1. The second kappa shape index (κ2) is 8.80. The Labute approximate surface area is 176 Å². The molecule has 0 saturated carbocycles. The van der Waals surface area contributed by atoms with Gasteiger partial charge in [-0.15, -0.1) is 10.2 Å². The lowest BCUT2D eigenvalue weighted by Gasteiger charge is -2.33. The van der Waals surface area contributed by atoms with Crippen LogP contribution in [0.1, 0.15) is 23.3 Å². The molecule has 0 unspecified atom stereocenters. The highest BCUT2D eigenvalue weighted by Gasteiger charge is 2.43. The minimum absolute atomic E-state index is 0.0378. The van der Waals surface area contributed by atoms with Crippen LogP contribution in [0.3, 0.4) is 0 Å². The number of piperidine rings is 1. The highest BCUT2D eigenvalue weighted by Crippen LogP contribution is 2.34. The van der Waals surface area contributed by atoms with Crippen LogP contribution in [0.5, 0.6) is 0 Å². The molecular weight excluding hydrogens is 456 g/mol. The number of halogens is 5. The molecule has 7 nitrogen and oxygen atoms in total. The number of carbonyl (C=O) groups is 2. The van der Waals surface area contributed by atoms with Gasteiger partial charge in [0.2, 0.25) is 5.69 Å². The van der Waals surface area contributed by atoms with Gasteiger partial charge in [0.1, 0.15) is 0 Å². The van der Waals surface area contributed by atoms with Gasteiger partial charge in [-0.1, -0.05) is 35.0 Å². The number of anilines is 1. The first kappa shape index (κ1) is 21.7. The van der Waals surface area contributed by atoms with Crippen LogP contribution in [0.25, 0.3) is 0 Å². The van der Waals surface area contributed by atoms with Crippen LogP contribution in [0.4, 0.5) is 18.9 Å². The summed E-state index contributed by atoms with van der Waals surface area (Å²) in [5.41, 5.74) is 0.430. The molecule has 1 N–H and O–H groups in total. The molecule has 0 spiro atoms. The number of ether oxygens (including phenoxy) is 1. The third-order valence-corrected chi connectivity index (χ3v) is 5.81. The lowest BCUT2D eigenvalue weighted by atomic mass is 10.1. The van der Waals surface area contributed by atoms with Crippen LogP contribution in [0, 0.1) is 0 Å². The summed E-state index contributed by atoms with van der Waals surface area (Å²) in [6.07, 6.45) is -3.86. The Morgan fingerprint density at radius 3 is 2.34 bits per heavy atom. The van der Waals surface area contributed by atoms with Crippen LogP contribution in [0.15, 0.2) is 23.2 Å². The Morgan fingerprint density at radius 1 is 1.14 bits per heavy atom. The molecule has 1 saturated heterocycles. The van der Waals surface area contributed by atoms with E-state index in [2.05, 4.69) is 25.0 Å². The minimum Gasteiger partial charge on any atom is -0.381 e. The standard InChI is InChI=1S/C16H13Cl2F3N4O3S/c17-8-5-9(18)7-10(6-8)25-3-1-11(2-4-25)29-13-12(22-24-23-13)14(26)28-15(27)16(19,20)21/h5-7,11H,1-4H2,(H,22,23,24). The van der Waals surface area contributed by atoms with Gasteiger partial charge in [-0.05, 0) is 31.0 Å². The smallest absolute Gasteiger partial charge is 0.381 e. The van der Waals surface area contributed by atoms with Crippen molar-refractivity contribution < 1.29 is 27.5 Å². The van der Waals surface area contributed by atoms with E-state index in [1.165, 1.54) is 11.8 Å². The van der Waals surface area contributed by atoms with E-state index in [9.17, 15) is 22.8 Å². The zero-order valence-electron chi connectivity index (χ0n) is 14.5. The van der Waals surface area contributed by atoms with Crippen molar-refractivity contribution in [2.45, 2.75) is 29.3 Å². The Kier molecular flexibility index (Phi) is 6.59. The van der Waals surface area contributed by atoms with Gasteiger partial charge >= 0.3 is 18.1 Å². The van der Waals surface area contributed by atoms with E-state index in [4.69, 9.17) is 23.2 Å². The molecular formula is C16H13Cl2F3N4O3S. The van der Waals surface area contributed by atoms with Gasteiger partial charge in [-0.3, -0.25) is 0 Å². The van der Waals surface area contributed by atoms with E-state index < -0.39 is 23.8 Å². The molecule has 0 radical (unpaired) electrons. The first-order valence-corrected chi connectivity index (χ1v) is 9.89. The lowest BCUT2D eigenvalue weighted by Crippen LogP contribution is -2.34. The highest BCUT2D eigenvalue weighted by atomic mass is 35.5. The maximum absolute atomic E-state index is 12.3. The summed E-state index contributed by atoms with van der Waals surface area (Å²) < 4.78 is 40.6. The summed E-state index contributed by atoms with van der Waals surface area (Å²) in [6.45, 7) is 1.36. The largest absolute Gasteiger partial charge is 0.491 e. The fraction of sp³-hybridized carbons (Fsp3) is 0.375. The van der Waals surface area contributed by atoms with Gasteiger partial charge in [0.15, 0.2) is 5.03 Å². The maximum atomic E-state index is 12.3. The predicted octanol–water partition coefficient (Wildman–Crippen LogP) is 4.12. The molecule has 1 aliphatic rings. The molecule has 1 aliphatic heterocycles. The molecule has 0 aliphatic carbocycles. The van der Waals surface area contributed by atoms with Crippen LogP contribution < -0.4 is 4.90 Å². The summed E-state index contributed by atoms with van der Waals surface area (Å²) in [6, 6.07) is 5.26. The quantitative estimate of drug-likeness (QED) is 0.533. The number of hydrogen-bond acceptors (Lipinski definition) is 7. The fourth-order valence-corrected chi connectivity index (χ4v) is 4.35. The van der Waals surface area contributed by atoms with E-state index >= 15 is 0 Å². The number of thioether (sulfide) groups is 1. The summed E-state index contributed by atoms with van der Waals surface area (Å²) in [5, 5.41) is 10.6. The Balaban J connectivity index is 1.59. The number of aromatic nitrogens is 3. The number of nitrogens with one attached hydrogen (secondary N) is 1. The zero-order chi connectivity index (χ0) is 21.2. The van der Waals surface area contributed by atoms with Crippen molar-refractivity contribution in [1.82, 2.24) is 15.4 Å². The number of nitrogens with zero attached hydrogens (tertiary/aromatic N) is 3. The summed E-state index contributed by atoms with van der Waals surface area (Å²) in [4.78, 5) is 24.8. The molecule has 0 atom stereocenters. The first-order chi connectivity index (χ1) is 13.6. The molecule has 0 bridgehead atoms. The maximum Gasteiger partial charge on any atom is 0.491 e. The van der Waals surface area contributed by atoms with Crippen LogP contribution in [-0.4, -0.2) is 51.9 Å². The predicted molar refractivity (Wildman–Crippen MR) is 100 cm³/mol. The second-order valence-corrected chi connectivity index (χ2v) is 8.25. The van der Waals surface area contributed by atoms with Crippen molar-refractivity contribution in [2.75, 3.05) is 18.0 Å². The summed E-state index contributed by atoms with van der Waals surface area (Å²) >= 11 is 13.3. The van der Waals surface area contributed by atoms with Gasteiger partial charge in [-0.25, -0.2) is 9.59 Å². The SMILES string of the molecule is O=C(OC(=O)C(F)(F)F)c1n[nH]nc1SC1CCN(c2cc(Cl)cc(Cl)c2)CC1. The molecule has 2 heterocycles. The van der Waals surface area contributed by atoms with E-state index in [0.717, 1.165) is 5.69 Å². The zero-order valence-corrected chi connectivity index (χ0v) is 16.8. The van der Waals surface area contributed by atoms with Crippen molar-refractivity contribution in [3.8, 4) is 0 Å². The average Bonchev–Trinajstić information content (AvgIpc) is 3.09. The number of H-pyrrole nitrogens is 1. The van der Waals surface area contributed by atoms with Gasteiger partial charge in [-0.2, -0.15) is 18.4 Å². The van der Waals surface area contributed by atoms with E-state index in [0.29, 0.717) is 36.0 Å². The number of aromatic amines is 1. The van der Waals surface area contributed by atoms with Crippen molar-refractivity contribution in [1.29, 1.82) is 0 Å². The molecule has 0 amide bonds. The second-order valence-electron chi connectivity index (χ2n) is 6.08. The lowest BCUT2D eigenvalue weighted by molar-refractivity contribution is -0.193. The molecule has 2 aromatic rings. The number of rotatable bonds is 4. The Morgan fingerprint density at radius 2 is 1.76 bits per heavy atom. The normalized spacial score (nSPS) is 15.4. The average molecular weight is 469 g/mol. The summed E-state index contributed by atoms with van der Waals surface area (Å²) in [7, 11) is 0. The van der Waals surface area contributed by atoms with Gasteiger partial charge in [0, 0.05) is 34.1 Å². The third kappa shape index (κ3) is 5.55. The molecule has 1 aromatic heterocycles. The molecule has 29 heavy (non-hydrogen) atoms. The molecule has 1 fully saturated rings. The van der Waals surface area contributed by atoms with E-state index in [1.54, 1.807) is 6.07 Å². The summed E-state index contributed by atoms with van der Waals surface area (Å²) in [5.74, 6) is -4.11. The van der Waals surface area contributed by atoms with Crippen LogP contribution in [-0.2, 0) is 9.53 Å². The van der Waals surface area contributed by atoms with Crippen LogP contribution >= 0.6 is 35.0 Å². The molecule has 156 valence electrons. The Bertz CT molecular complexity index is 897. The van der Waals surface area contributed by atoms with Gasteiger partial charge in [0.25, 0.3) is 0 Å². The number of benzene rings is 1. The van der Waals surface area contributed by atoms with E-state index in [-0.39, 0.29) is 10.3 Å². The highest BCUT2D eigenvalue weighted by molar-refractivity contribution is 7.99. The van der Waals surface area contributed by atoms with Crippen molar-refractivity contribution in [3.63, 3.8) is 0 Å². The van der Waals surface area contributed by atoms with E-state index in [1.807, 2.05) is 12.1 Å². The number of alkyl halides is 3. The monoisotopic (exact) mass is 468 g/mol. The van der Waals surface area contributed by atoms with Gasteiger partial charge < -0.3 is 9.64 Å². The van der Waals surface area contributed by atoms with Crippen molar-refractivity contribution >= 4 is 52.6 Å². The fourth-order valence-electron chi connectivity index (χ4n) is 2.74.